The topological polar surface area (TPSA) is 110 Å². The predicted molar refractivity (Wildman–Crippen MR) is 89.4 cm³/mol. The van der Waals surface area contributed by atoms with Gasteiger partial charge in [-0.25, -0.2) is 26.1 Å². The van der Waals surface area contributed by atoms with Crippen molar-refractivity contribution in [3.05, 3.63) is 12.5 Å². The van der Waals surface area contributed by atoms with Crippen LogP contribution in [-0.2, 0) is 31.9 Å². The maximum Gasteiger partial charge on any atom is 0.262 e. The zero-order chi connectivity index (χ0) is 18.6. The van der Waals surface area contributed by atoms with Gasteiger partial charge in [-0.15, -0.1) is 0 Å². The van der Waals surface area contributed by atoms with Gasteiger partial charge in [0.2, 0.25) is 15.9 Å². The van der Waals surface area contributed by atoms with Gasteiger partial charge in [0.25, 0.3) is 10.0 Å². The van der Waals surface area contributed by atoms with Crippen LogP contribution in [0.1, 0.15) is 26.2 Å². The van der Waals surface area contributed by atoms with Gasteiger partial charge in [0.15, 0.2) is 5.03 Å². The van der Waals surface area contributed by atoms with E-state index in [2.05, 4.69) is 4.98 Å². The number of fused-ring (bicyclic) bond motifs is 1. The highest BCUT2D eigenvalue weighted by molar-refractivity contribution is 7.89. The molecular weight excluding hydrogens is 368 g/mol. The van der Waals surface area contributed by atoms with Gasteiger partial charge < -0.3 is 4.57 Å². The van der Waals surface area contributed by atoms with E-state index in [0.717, 1.165) is 10.6 Å². The third-order valence-corrected chi connectivity index (χ3v) is 7.78. The molecule has 1 amide bonds. The largest absolute Gasteiger partial charge is 0.339 e. The minimum absolute atomic E-state index is 0.0869. The Morgan fingerprint density at radius 3 is 2.48 bits per heavy atom. The van der Waals surface area contributed by atoms with Gasteiger partial charge in [0.05, 0.1) is 30.6 Å². The molecule has 3 heterocycles. The van der Waals surface area contributed by atoms with Crippen LogP contribution in [0.3, 0.4) is 0 Å². The first-order chi connectivity index (χ1) is 11.6. The number of nitrogens with zero attached hydrogens (tertiary/aromatic N) is 4. The number of hydrogen-bond acceptors (Lipinski definition) is 6. The van der Waals surface area contributed by atoms with Crippen LogP contribution in [0.2, 0.25) is 0 Å². The second-order valence-corrected chi connectivity index (χ2v) is 10.3. The summed E-state index contributed by atoms with van der Waals surface area (Å²) in [6.07, 6.45) is 5.20. The molecule has 0 aromatic carbocycles. The number of imidazole rings is 1. The molecule has 2 fully saturated rings. The van der Waals surface area contributed by atoms with Gasteiger partial charge in [-0.1, -0.05) is 13.3 Å². The van der Waals surface area contributed by atoms with E-state index in [1.54, 1.807) is 7.05 Å². The quantitative estimate of drug-likeness (QED) is 0.687. The summed E-state index contributed by atoms with van der Waals surface area (Å²) in [6.45, 7) is 2.06. The van der Waals surface area contributed by atoms with Crippen LogP contribution in [0, 0.1) is 5.92 Å². The van der Waals surface area contributed by atoms with Crippen LogP contribution in [0.25, 0.3) is 0 Å². The van der Waals surface area contributed by atoms with Gasteiger partial charge >= 0.3 is 0 Å². The number of aryl methyl sites for hydroxylation is 1. The van der Waals surface area contributed by atoms with Crippen molar-refractivity contribution < 1.29 is 21.6 Å². The Kier molecular flexibility index (Phi) is 4.44. The molecule has 0 aliphatic carbocycles. The lowest BCUT2D eigenvalue weighted by atomic mass is 9.95. The third-order valence-electron chi connectivity index (χ3n) is 4.83. The Hall–Kier alpha value is -1.46. The Morgan fingerprint density at radius 2 is 1.96 bits per heavy atom. The molecule has 1 aromatic heterocycles. The molecule has 2 aliphatic rings. The number of aromatic nitrogens is 2. The summed E-state index contributed by atoms with van der Waals surface area (Å²) in [6, 6.07) is -1.31. The zero-order valence-electron chi connectivity index (χ0n) is 14.4. The molecule has 3 atom stereocenters. The van der Waals surface area contributed by atoms with Crippen molar-refractivity contribution in [1.29, 1.82) is 0 Å². The van der Waals surface area contributed by atoms with Gasteiger partial charge in [0, 0.05) is 19.8 Å². The Labute approximate surface area is 147 Å². The van der Waals surface area contributed by atoms with E-state index < -0.39 is 44.0 Å². The Morgan fingerprint density at radius 1 is 1.28 bits per heavy atom. The van der Waals surface area contributed by atoms with Crippen LogP contribution in [0.5, 0.6) is 0 Å². The van der Waals surface area contributed by atoms with E-state index in [4.69, 9.17) is 0 Å². The molecule has 0 saturated carbocycles. The lowest BCUT2D eigenvalue weighted by Crippen LogP contribution is -2.43. The van der Waals surface area contributed by atoms with Crippen molar-refractivity contribution >= 4 is 26.0 Å². The highest BCUT2D eigenvalue weighted by Crippen LogP contribution is 2.42. The Balaban J connectivity index is 2.04. The van der Waals surface area contributed by atoms with E-state index in [1.165, 1.54) is 21.4 Å². The van der Waals surface area contributed by atoms with Crippen LogP contribution >= 0.6 is 0 Å². The average molecular weight is 390 g/mol. The summed E-state index contributed by atoms with van der Waals surface area (Å²) in [7, 11) is -5.96. The number of carbonyl (C=O) groups is 1. The lowest BCUT2D eigenvalue weighted by molar-refractivity contribution is -0.128. The van der Waals surface area contributed by atoms with Gasteiger partial charge in [0.1, 0.15) is 0 Å². The zero-order valence-corrected chi connectivity index (χ0v) is 16.0. The summed E-state index contributed by atoms with van der Waals surface area (Å²) in [5, 5.41) is -0.0869. The van der Waals surface area contributed by atoms with Gasteiger partial charge in [-0.2, -0.15) is 4.31 Å². The summed E-state index contributed by atoms with van der Waals surface area (Å²) in [4.78, 5) is 16.6. The first kappa shape index (κ1) is 18.3. The van der Waals surface area contributed by atoms with Crippen LogP contribution in [0.4, 0.5) is 0 Å². The highest BCUT2D eigenvalue weighted by atomic mass is 32.2. The minimum atomic E-state index is -3.89. The number of sulfonamides is 2. The first-order valence-electron chi connectivity index (χ1n) is 8.12. The number of carbonyl (C=O) groups excluding carboxylic acids is 1. The lowest BCUT2D eigenvalue weighted by Gasteiger charge is -2.25. The van der Waals surface area contributed by atoms with Gasteiger partial charge in [-0.05, 0) is 12.8 Å². The molecule has 0 radical (unpaired) electrons. The fourth-order valence-electron chi connectivity index (χ4n) is 3.91. The normalized spacial score (nSPS) is 27.9. The summed E-state index contributed by atoms with van der Waals surface area (Å²) >= 11 is 0. The summed E-state index contributed by atoms with van der Waals surface area (Å²) in [5.41, 5.74) is 0. The summed E-state index contributed by atoms with van der Waals surface area (Å²) in [5.74, 6) is -1.15. The van der Waals surface area contributed by atoms with Crippen LogP contribution in [-0.4, -0.2) is 65.8 Å². The van der Waals surface area contributed by atoms with E-state index >= 15 is 0 Å². The molecule has 2 aliphatic heterocycles. The van der Waals surface area contributed by atoms with Gasteiger partial charge in [-0.3, -0.25) is 4.79 Å². The number of hydrogen-bond donors (Lipinski definition) is 0. The third kappa shape index (κ3) is 2.87. The van der Waals surface area contributed by atoms with Crippen molar-refractivity contribution in [2.45, 2.75) is 43.3 Å². The fraction of sp³-hybridized carbons (Fsp3) is 0.714. The second-order valence-electron chi connectivity index (χ2n) is 6.63. The Bertz CT molecular complexity index is 892. The van der Waals surface area contributed by atoms with Crippen molar-refractivity contribution in [3.63, 3.8) is 0 Å². The van der Waals surface area contributed by atoms with E-state index in [1.807, 2.05) is 6.92 Å². The molecule has 0 unspecified atom stereocenters. The minimum Gasteiger partial charge on any atom is -0.339 e. The molecule has 9 nitrogen and oxygen atoms in total. The first-order valence-corrected chi connectivity index (χ1v) is 11.4. The average Bonchev–Trinajstić information content (AvgIpc) is 3.15. The van der Waals surface area contributed by atoms with Crippen molar-refractivity contribution in [2.75, 3.05) is 12.8 Å². The molecule has 2 saturated heterocycles. The molecule has 11 heteroatoms. The fourth-order valence-corrected chi connectivity index (χ4v) is 6.76. The molecule has 0 spiro atoms. The molecule has 140 valence electrons. The number of rotatable bonds is 5. The van der Waals surface area contributed by atoms with E-state index in [-0.39, 0.29) is 11.6 Å². The van der Waals surface area contributed by atoms with Crippen LogP contribution < -0.4 is 0 Å². The molecule has 1 aromatic rings. The molecule has 3 rings (SSSR count). The predicted octanol–water partition coefficient (Wildman–Crippen LogP) is -0.230. The maximum absolute atomic E-state index is 13.0. The maximum atomic E-state index is 13.0. The highest BCUT2D eigenvalue weighted by Gasteiger charge is 2.58. The standard InChI is InChI=1S/C14H22N4O5S2/c1-4-5-10-13-11(18(14(10)19)24(3,20)21)6-7-17(13)25(22,23)12-8-16(2)9-15-12/h8-11,13H,4-7H2,1-3H3/t10-,11+,13-/m1/s1. The molecule has 0 N–H and O–H groups in total. The van der Waals surface area contributed by atoms with Crippen LogP contribution in [0.15, 0.2) is 17.6 Å². The smallest absolute Gasteiger partial charge is 0.262 e. The van der Waals surface area contributed by atoms with Crippen molar-refractivity contribution in [2.24, 2.45) is 13.0 Å². The monoisotopic (exact) mass is 390 g/mol. The second kappa shape index (κ2) is 6.06. The molecule has 0 bridgehead atoms. The molecular formula is C14H22N4O5S2. The van der Waals surface area contributed by atoms with Crippen molar-refractivity contribution in [3.8, 4) is 0 Å². The summed E-state index contributed by atoms with van der Waals surface area (Å²) < 4.78 is 53.8. The molecule has 25 heavy (non-hydrogen) atoms. The van der Waals surface area contributed by atoms with E-state index in [0.29, 0.717) is 19.3 Å². The SMILES string of the molecule is CCC[C@H]1C(=O)N(S(C)(=O)=O)[C@H]2CCN(S(=O)(=O)c3cn(C)cn3)[C@H]12. The van der Waals surface area contributed by atoms with E-state index in [9.17, 15) is 21.6 Å². The number of amides is 1. The van der Waals surface area contributed by atoms with Crippen molar-refractivity contribution in [1.82, 2.24) is 18.2 Å².